The van der Waals surface area contributed by atoms with Gasteiger partial charge in [-0.05, 0) is 55.3 Å². The van der Waals surface area contributed by atoms with Crippen molar-refractivity contribution in [2.75, 3.05) is 11.4 Å². The largest absolute Gasteiger partial charge is 0.360 e. The minimum atomic E-state index is -3.94. The Labute approximate surface area is 197 Å². The second kappa shape index (κ2) is 9.57. The van der Waals surface area contributed by atoms with Crippen LogP contribution in [0.25, 0.3) is 10.9 Å². The van der Waals surface area contributed by atoms with Gasteiger partial charge in [0.1, 0.15) is 5.56 Å². The van der Waals surface area contributed by atoms with Gasteiger partial charge in [0.15, 0.2) is 0 Å². The molecule has 1 saturated carbocycles. The molecule has 1 fully saturated rings. The molecule has 0 atom stereocenters. The van der Waals surface area contributed by atoms with Gasteiger partial charge in [-0.3, -0.25) is 13.9 Å². The number of rotatable bonds is 5. The molecule has 7 nitrogen and oxygen atoms in total. The molecule has 4 rings (SSSR count). The summed E-state index contributed by atoms with van der Waals surface area (Å²) in [6.07, 6.45) is 7.62. The number of fused-ring (bicyclic) bond motifs is 1. The van der Waals surface area contributed by atoms with Gasteiger partial charge in [0.2, 0.25) is 5.43 Å². The Bertz CT molecular complexity index is 1330. The van der Waals surface area contributed by atoms with Gasteiger partial charge in [-0.25, -0.2) is 8.42 Å². The summed E-state index contributed by atoms with van der Waals surface area (Å²) in [7, 11) is -2.50. The third kappa shape index (κ3) is 4.91. The van der Waals surface area contributed by atoms with Gasteiger partial charge in [0, 0.05) is 35.2 Å². The number of anilines is 1. The molecule has 3 aromatic rings. The number of hydrogen-bond acceptors (Lipinski definition) is 4. The summed E-state index contributed by atoms with van der Waals surface area (Å²) in [6, 6.07) is 10.7. The lowest BCUT2D eigenvalue weighted by Gasteiger charge is -2.20. The third-order valence-electron chi connectivity index (χ3n) is 6.14. The normalized spacial score (nSPS) is 15.2. The van der Waals surface area contributed by atoms with Crippen molar-refractivity contribution < 1.29 is 13.2 Å². The van der Waals surface area contributed by atoms with Crippen LogP contribution in [0.1, 0.15) is 48.9 Å². The molecule has 1 aliphatic carbocycles. The van der Waals surface area contributed by atoms with Gasteiger partial charge in [0.05, 0.1) is 10.6 Å². The molecule has 1 amide bonds. The van der Waals surface area contributed by atoms with Gasteiger partial charge >= 0.3 is 0 Å². The lowest BCUT2D eigenvalue weighted by molar-refractivity contribution is 0.0932. The minimum absolute atomic E-state index is 0.0210. The summed E-state index contributed by atoms with van der Waals surface area (Å²) in [4.78, 5) is 28.9. The summed E-state index contributed by atoms with van der Waals surface area (Å²) < 4.78 is 27.5. The van der Waals surface area contributed by atoms with Crippen LogP contribution in [0.15, 0.2) is 58.4 Å². The first-order valence-electron chi connectivity index (χ1n) is 11.0. The number of halogens is 1. The fraction of sp³-hybridized carbons (Fsp3) is 0.333. The molecule has 2 N–H and O–H groups in total. The van der Waals surface area contributed by atoms with Crippen LogP contribution in [0.4, 0.5) is 5.69 Å². The number of nitrogens with zero attached hydrogens (tertiary/aromatic N) is 1. The third-order valence-corrected chi connectivity index (χ3v) is 8.17. The summed E-state index contributed by atoms with van der Waals surface area (Å²) in [6.45, 7) is 0. The molecule has 0 unspecified atom stereocenters. The van der Waals surface area contributed by atoms with Crippen molar-refractivity contribution in [3.8, 4) is 0 Å². The highest BCUT2D eigenvalue weighted by Gasteiger charge is 2.23. The van der Waals surface area contributed by atoms with E-state index in [0.29, 0.717) is 16.2 Å². The number of amides is 1. The summed E-state index contributed by atoms with van der Waals surface area (Å²) in [5, 5.41) is 3.62. The van der Waals surface area contributed by atoms with E-state index in [1.54, 1.807) is 24.3 Å². The van der Waals surface area contributed by atoms with Gasteiger partial charge in [-0.2, -0.15) is 0 Å². The quantitative estimate of drug-likeness (QED) is 0.519. The Kier molecular flexibility index (Phi) is 6.76. The average molecular weight is 488 g/mol. The van der Waals surface area contributed by atoms with Gasteiger partial charge < -0.3 is 10.3 Å². The number of pyridine rings is 1. The van der Waals surface area contributed by atoms with Gasteiger partial charge in [-0.1, -0.05) is 37.3 Å². The standard InChI is InChI=1S/C24H26ClN3O4S/c1-28(18-10-8-16(25)9-11-18)33(31,32)19-12-13-22-20(14-19)23(29)21(15-26-22)24(30)27-17-6-4-2-3-5-7-17/h8-15,17H,2-7H2,1H3,(H,26,29)(H,27,30). The first-order valence-corrected chi connectivity index (χ1v) is 12.8. The first kappa shape index (κ1) is 23.3. The zero-order valence-electron chi connectivity index (χ0n) is 18.3. The van der Waals surface area contributed by atoms with Crippen LogP contribution in [-0.4, -0.2) is 32.4 Å². The van der Waals surface area contributed by atoms with Crippen LogP contribution in [0.2, 0.25) is 5.02 Å². The fourth-order valence-electron chi connectivity index (χ4n) is 4.16. The van der Waals surface area contributed by atoms with E-state index in [4.69, 9.17) is 11.6 Å². The molecule has 0 saturated heterocycles. The van der Waals surface area contributed by atoms with Crippen molar-refractivity contribution in [1.29, 1.82) is 0 Å². The number of benzene rings is 2. The van der Waals surface area contributed by atoms with Crippen LogP contribution >= 0.6 is 11.6 Å². The van der Waals surface area contributed by atoms with E-state index in [2.05, 4.69) is 10.3 Å². The maximum absolute atomic E-state index is 13.2. The highest BCUT2D eigenvalue weighted by Crippen LogP contribution is 2.25. The highest BCUT2D eigenvalue weighted by atomic mass is 35.5. The second-order valence-electron chi connectivity index (χ2n) is 8.35. The van der Waals surface area contributed by atoms with Gasteiger partial charge in [-0.15, -0.1) is 0 Å². The molecule has 0 radical (unpaired) electrons. The van der Waals surface area contributed by atoms with Crippen LogP contribution in [-0.2, 0) is 10.0 Å². The molecule has 1 aromatic heterocycles. The van der Waals surface area contributed by atoms with Crippen molar-refractivity contribution >= 4 is 44.1 Å². The number of aromatic nitrogens is 1. The molecule has 9 heteroatoms. The molecule has 0 spiro atoms. The summed E-state index contributed by atoms with van der Waals surface area (Å²) in [5.74, 6) is -0.434. The molecule has 33 heavy (non-hydrogen) atoms. The monoisotopic (exact) mass is 487 g/mol. The SMILES string of the molecule is CN(c1ccc(Cl)cc1)S(=O)(=O)c1ccc2[nH]cc(C(=O)NC3CCCCCC3)c(=O)c2c1. The van der Waals surface area contributed by atoms with E-state index >= 15 is 0 Å². The molecule has 174 valence electrons. The first-order chi connectivity index (χ1) is 15.8. The van der Waals surface area contributed by atoms with Crippen LogP contribution in [0.3, 0.4) is 0 Å². The summed E-state index contributed by atoms with van der Waals surface area (Å²) in [5.41, 5.74) is 0.373. The smallest absolute Gasteiger partial charge is 0.264 e. The Hall–Kier alpha value is -2.84. The van der Waals surface area contributed by atoms with Crippen molar-refractivity contribution in [2.45, 2.75) is 49.5 Å². The molecular formula is C24H26ClN3O4S. The van der Waals surface area contributed by atoms with E-state index in [9.17, 15) is 18.0 Å². The Balaban J connectivity index is 1.66. The maximum Gasteiger partial charge on any atom is 0.264 e. The molecule has 0 bridgehead atoms. The van der Waals surface area contributed by atoms with Gasteiger partial charge in [0.25, 0.3) is 15.9 Å². The van der Waals surface area contributed by atoms with Crippen molar-refractivity contribution in [3.63, 3.8) is 0 Å². The average Bonchev–Trinajstić information content (AvgIpc) is 3.07. The number of aromatic amines is 1. The zero-order chi connectivity index (χ0) is 23.6. The Morgan fingerprint density at radius 2 is 1.73 bits per heavy atom. The lowest BCUT2D eigenvalue weighted by Crippen LogP contribution is -2.37. The van der Waals surface area contributed by atoms with Crippen LogP contribution in [0, 0.1) is 0 Å². The number of sulfonamides is 1. The number of H-pyrrole nitrogens is 1. The molecule has 2 aromatic carbocycles. The van der Waals surface area contributed by atoms with E-state index in [1.165, 1.54) is 31.4 Å². The molecule has 1 heterocycles. The van der Waals surface area contributed by atoms with Crippen molar-refractivity contribution in [1.82, 2.24) is 10.3 Å². The topological polar surface area (TPSA) is 99.3 Å². The highest BCUT2D eigenvalue weighted by molar-refractivity contribution is 7.92. The van der Waals surface area contributed by atoms with Crippen molar-refractivity contribution in [3.05, 3.63) is 69.5 Å². The van der Waals surface area contributed by atoms with E-state index in [-0.39, 0.29) is 21.9 Å². The Morgan fingerprint density at radius 3 is 2.39 bits per heavy atom. The van der Waals surface area contributed by atoms with E-state index in [0.717, 1.165) is 42.8 Å². The fourth-order valence-corrected chi connectivity index (χ4v) is 5.51. The molecule has 0 aliphatic heterocycles. The Morgan fingerprint density at radius 1 is 1.06 bits per heavy atom. The van der Waals surface area contributed by atoms with Crippen LogP contribution < -0.4 is 15.1 Å². The van der Waals surface area contributed by atoms with E-state index in [1.807, 2.05) is 0 Å². The zero-order valence-corrected chi connectivity index (χ0v) is 19.9. The number of carbonyl (C=O) groups is 1. The van der Waals surface area contributed by atoms with E-state index < -0.39 is 21.4 Å². The second-order valence-corrected chi connectivity index (χ2v) is 10.8. The number of carbonyl (C=O) groups excluding carboxylic acids is 1. The van der Waals surface area contributed by atoms with Crippen LogP contribution in [0.5, 0.6) is 0 Å². The predicted molar refractivity (Wildman–Crippen MR) is 131 cm³/mol. The molecule has 1 aliphatic rings. The van der Waals surface area contributed by atoms with Crippen molar-refractivity contribution in [2.24, 2.45) is 0 Å². The minimum Gasteiger partial charge on any atom is -0.360 e. The number of nitrogens with one attached hydrogen (secondary N) is 2. The summed E-state index contributed by atoms with van der Waals surface area (Å²) >= 11 is 5.90. The maximum atomic E-state index is 13.2. The number of hydrogen-bond donors (Lipinski definition) is 2. The lowest BCUT2D eigenvalue weighted by atomic mass is 10.1. The molecular weight excluding hydrogens is 462 g/mol. The predicted octanol–water partition coefficient (Wildman–Crippen LogP) is 4.46.